The average molecular weight is 222 g/mol. The van der Waals surface area contributed by atoms with Crippen molar-refractivity contribution in [3.8, 4) is 0 Å². The highest BCUT2D eigenvalue weighted by atomic mass is 16.5. The lowest BCUT2D eigenvalue weighted by atomic mass is 10.0. The van der Waals surface area contributed by atoms with Crippen molar-refractivity contribution in [2.45, 2.75) is 31.5 Å². The lowest BCUT2D eigenvalue weighted by Gasteiger charge is -2.15. The van der Waals surface area contributed by atoms with E-state index in [0.29, 0.717) is 24.8 Å². The lowest BCUT2D eigenvalue weighted by Crippen LogP contribution is -2.20. The van der Waals surface area contributed by atoms with Crippen molar-refractivity contribution < 1.29 is 20.1 Å². The smallest absolute Gasteiger partial charge is 0.303 e. The molecule has 0 unspecified atom stereocenters. The zero-order chi connectivity index (χ0) is 11.8. The molecule has 0 spiro atoms. The van der Waals surface area contributed by atoms with Crippen LogP contribution < -0.4 is 0 Å². The van der Waals surface area contributed by atoms with E-state index in [2.05, 4.69) is 0 Å². The maximum atomic E-state index is 10.4. The van der Waals surface area contributed by atoms with Gasteiger partial charge in [-0.15, -0.1) is 0 Å². The van der Waals surface area contributed by atoms with Crippen molar-refractivity contribution in [2.24, 2.45) is 0 Å². The molecule has 0 atom stereocenters. The Balaban J connectivity index is 2.19. The Morgan fingerprint density at radius 3 is 2.81 bits per heavy atom. The minimum atomic E-state index is -1.71. The quantitative estimate of drug-likeness (QED) is 0.661. The number of aliphatic carboxylic acids is 1. The van der Waals surface area contributed by atoms with Crippen molar-refractivity contribution in [3.05, 3.63) is 34.9 Å². The molecule has 1 aliphatic carbocycles. The van der Waals surface area contributed by atoms with Crippen LogP contribution in [0.1, 0.15) is 29.5 Å². The van der Waals surface area contributed by atoms with Crippen molar-refractivity contribution in [2.75, 3.05) is 0 Å². The van der Waals surface area contributed by atoms with Gasteiger partial charge in [0.2, 0.25) is 0 Å². The molecule has 3 N–H and O–H groups in total. The SMILES string of the molecule is O=C(O)CCc1ccc2c(c1)CCC2(O)O. The molecule has 0 fully saturated rings. The summed E-state index contributed by atoms with van der Waals surface area (Å²) in [6.07, 6.45) is 1.52. The van der Waals surface area contributed by atoms with E-state index < -0.39 is 11.8 Å². The van der Waals surface area contributed by atoms with Crippen LogP contribution in [-0.2, 0) is 23.4 Å². The predicted octanol–water partition coefficient (Wildman–Crippen LogP) is 0.787. The highest BCUT2D eigenvalue weighted by molar-refractivity contribution is 5.67. The number of carbonyl (C=O) groups is 1. The summed E-state index contributed by atoms with van der Waals surface area (Å²) in [5.74, 6) is -2.53. The van der Waals surface area contributed by atoms with Crippen LogP contribution in [0.5, 0.6) is 0 Å². The van der Waals surface area contributed by atoms with E-state index in [0.717, 1.165) is 11.1 Å². The number of carboxylic acids is 1. The van der Waals surface area contributed by atoms with Crippen LogP contribution in [0.2, 0.25) is 0 Å². The molecule has 0 bridgehead atoms. The third kappa shape index (κ3) is 2.08. The fraction of sp³-hybridized carbons (Fsp3) is 0.417. The summed E-state index contributed by atoms with van der Waals surface area (Å²) >= 11 is 0. The highest BCUT2D eigenvalue weighted by Crippen LogP contribution is 2.35. The molecule has 0 heterocycles. The summed E-state index contributed by atoms with van der Waals surface area (Å²) in [5.41, 5.74) is 2.39. The maximum Gasteiger partial charge on any atom is 0.303 e. The van der Waals surface area contributed by atoms with E-state index in [1.165, 1.54) is 0 Å². The first-order valence-electron chi connectivity index (χ1n) is 5.28. The monoisotopic (exact) mass is 222 g/mol. The first-order valence-corrected chi connectivity index (χ1v) is 5.28. The van der Waals surface area contributed by atoms with Crippen LogP contribution in [0.4, 0.5) is 0 Å². The normalized spacial score (nSPS) is 17.1. The van der Waals surface area contributed by atoms with Gasteiger partial charge in [0.15, 0.2) is 5.79 Å². The second kappa shape index (κ2) is 3.88. The van der Waals surface area contributed by atoms with Gasteiger partial charge in [-0.1, -0.05) is 18.2 Å². The molecule has 0 aromatic heterocycles. The molecule has 1 aromatic carbocycles. The molecule has 1 aliphatic rings. The second-order valence-corrected chi connectivity index (χ2v) is 4.20. The summed E-state index contributed by atoms with van der Waals surface area (Å²) in [4.78, 5) is 10.4. The average Bonchev–Trinajstić information content (AvgIpc) is 2.52. The number of aryl methyl sites for hydroxylation is 2. The number of fused-ring (bicyclic) bond motifs is 1. The predicted molar refractivity (Wildman–Crippen MR) is 56.8 cm³/mol. The zero-order valence-corrected chi connectivity index (χ0v) is 8.81. The molecule has 0 radical (unpaired) electrons. The summed E-state index contributed by atoms with van der Waals surface area (Å²) in [6, 6.07) is 5.31. The molecule has 1 aromatic rings. The van der Waals surface area contributed by atoms with Crippen LogP contribution in [-0.4, -0.2) is 21.3 Å². The summed E-state index contributed by atoms with van der Waals surface area (Å²) in [6.45, 7) is 0. The number of aliphatic hydroxyl groups is 2. The van der Waals surface area contributed by atoms with Crippen molar-refractivity contribution in [3.63, 3.8) is 0 Å². The summed E-state index contributed by atoms with van der Waals surface area (Å²) in [5, 5.41) is 27.8. The third-order valence-electron chi connectivity index (χ3n) is 2.97. The van der Waals surface area contributed by atoms with E-state index >= 15 is 0 Å². The van der Waals surface area contributed by atoms with Gasteiger partial charge in [-0.05, 0) is 24.0 Å². The molecule has 86 valence electrons. The Morgan fingerprint density at radius 2 is 2.12 bits per heavy atom. The Labute approximate surface area is 93.2 Å². The van der Waals surface area contributed by atoms with Gasteiger partial charge in [0.05, 0.1) is 0 Å². The van der Waals surface area contributed by atoms with E-state index in [1.54, 1.807) is 12.1 Å². The molecule has 16 heavy (non-hydrogen) atoms. The van der Waals surface area contributed by atoms with Gasteiger partial charge in [-0.3, -0.25) is 4.79 Å². The van der Waals surface area contributed by atoms with E-state index in [9.17, 15) is 15.0 Å². The lowest BCUT2D eigenvalue weighted by molar-refractivity contribution is -0.166. The van der Waals surface area contributed by atoms with Gasteiger partial charge in [-0.2, -0.15) is 0 Å². The number of benzene rings is 1. The van der Waals surface area contributed by atoms with Crippen LogP contribution in [0.15, 0.2) is 18.2 Å². The molecule has 2 rings (SSSR count). The third-order valence-corrected chi connectivity index (χ3v) is 2.97. The Kier molecular flexibility index (Phi) is 2.69. The number of rotatable bonds is 3. The minimum Gasteiger partial charge on any atom is -0.481 e. The summed E-state index contributed by atoms with van der Waals surface area (Å²) < 4.78 is 0. The topological polar surface area (TPSA) is 77.8 Å². The fourth-order valence-corrected chi connectivity index (χ4v) is 2.09. The number of carboxylic acid groups (broad SMARTS) is 1. The Morgan fingerprint density at radius 1 is 1.38 bits per heavy atom. The maximum absolute atomic E-state index is 10.4. The van der Waals surface area contributed by atoms with Gasteiger partial charge >= 0.3 is 5.97 Å². The van der Waals surface area contributed by atoms with Crippen LogP contribution in [0, 0.1) is 0 Å². The fourth-order valence-electron chi connectivity index (χ4n) is 2.09. The zero-order valence-electron chi connectivity index (χ0n) is 8.81. The highest BCUT2D eigenvalue weighted by Gasteiger charge is 2.34. The molecule has 0 amide bonds. The van der Waals surface area contributed by atoms with Crippen LogP contribution in [0.3, 0.4) is 0 Å². The van der Waals surface area contributed by atoms with Gasteiger partial charge in [0, 0.05) is 18.4 Å². The molecule has 0 saturated carbocycles. The molecular formula is C12H14O4. The van der Waals surface area contributed by atoms with Crippen molar-refractivity contribution in [1.29, 1.82) is 0 Å². The largest absolute Gasteiger partial charge is 0.481 e. The first kappa shape index (κ1) is 11.1. The molecule has 0 saturated heterocycles. The van der Waals surface area contributed by atoms with Gasteiger partial charge in [0.25, 0.3) is 0 Å². The minimum absolute atomic E-state index is 0.0994. The number of hydrogen-bond donors (Lipinski definition) is 3. The van der Waals surface area contributed by atoms with Crippen LogP contribution >= 0.6 is 0 Å². The molecular weight excluding hydrogens is 208 g/mol. The molecule has 0 aliphatic heterocycles. The Hall–Kier alpha value is -1.39. The first-order chi connectivity index (χ1) is 7.49. The van der Waals surface area contributed by atoms with E-state index in [-0.39, 0.29) is 6.42 Å². The summed E-state index contributed by atoms with van der Waals surface area (Å²) in [7, 11) is 0. The second-order valence-electron chi connectivity index (χ2n) is 4.20. The molecule has 4 heteroatoms. The number of hydrogen-bond acceptors (Lipinski definition) is 3. The van der Waals surface area contributed by atoms with Crippen molar-refractivity contribution in [1.82, 2.24) is 0 Å². The van der Waals surface area contributed by atoms with Gasteiger partial charge < -0.3 is 15.3 Å². The molecule has 4 nitrogen and oxygen atoms in total. The van der Waals surface area contributed by atoms with E-state index in [1.807, 2.05) is 6.07 Å². The van der Waals surface area contributed by atoms with Crippen LogP contribution in [0.25, 0.3) is 0 Å². The van der Waals surface area contributed by atoms with Crippen molar-refractivity contribution >= 4 is 5.97 Å². The van der Waals surface area contributed by atoms with Gasteiger partial charge in [0.1, 0.15) is 0 Å². The van der Waals surface area contributed by atoms with E-state index in [4.69, 9.17) is 5.11 Å². The van der Waals surface area contributed by atoms with Gasteiger partial charge in [-0.25, -0.2) is 0 Å². The Bertz CT molecular complexity index is 423. The standard InChI is InChI=1S/C12H14O4/c13-11(14)4-2-8-1-3-10-9(7-8)5-6-12(10,15)16/h1,3,7,15-16H,2,4-6H2,(H,13,14).